The molecule has 0 aliphatic heterocycles. The maximum Gasteiger partial charge on any atom is 0.380 e. The van der Waals surface area contributed by atoms with Crippen LogP contribution in [0.25, 0.3) is 0 Å². The minimum Gasteiger partial charge on any atom is -0.370 e. The van der Waals surface area contributed by atoms with Crippen LogP contribution >= 0.6 is 0 Å². The van der Waals surface area contributed by atoms with E-state index in [2.05, 4.69) is 0 Å². The van der Waals surface area contributed by atoms with Crippen LogP contribution in [0.15, 0.2) is 12.1 Å². The van der Waals surface area contributed by atoms with E-state index < -0.39 is 10.3 Å². The molecule has 0 heterocycles. The predicted molar refractivity (Wildman–Crippen MR) is 76.2 cm³/mol. The second kappa shape index (κ2) is 5.90. The zero-order chi connectivity index (χ0) is 14.8. The summed E-state index contributed by atoms with van der Waals surface area (Å²) in [6.07, 6.45) is 0. The van der Waals surface area contributed by atoms with E-state index in [9.17, 15) is 8.42 Å². The van der Waals surface area contributed by atoms with E-state index in [1.807, 2.05) is 39.8 Å². The highest BCUT2D eigenvalue weighted by atomic mass is 32.2. The highest BCUT2D eigenvalue weighted by molar-refractivity contribution is 7.84. The van der Waals surface area contributed by atoms with Crippen molar-refractivity contribution in [1.29, 1.82) is 0 Å². The lowest BCUT2D eigenvalue weighted by atomic mass is 9.91. The maximum absolute atomic E-state index is 11.2. The minimum absolute atomic E-state index is 0.112. The lowest BCUT2D eigenvalue weighted by Crippen LogP contribution is -2.21. The molecule has 108 valence electrons. The van der Waals surface area contributed by atoms with Crippen molar-refractivity contribution < 1.29 is 12.6 Å². The summed E-state index contributed by atoms with van der Waals surface area (Å²) in [6.45, 7) is 8.27. The number of benzene rings is 1. The van der Waals surface area contributed by atoms with Gasteiger partial charge in [-0.05, 0) is 28.5 Å². The van der Waals surface area contributed by atoms with Gasteiger partial charge in [0.15, 0.2) is 5.75 Å². The molecule has 0 atom stereocenters. The quantitative estimate of drug-likeness (QED) is 0.865. The second-order valence-corrected chi connectivity index (χ2v) is 6.35. The van der Waals surface area contributed by atoms with Gasteiger partial charge in [-0.25, -0.2) is 0 Å². The van der Waals surface area contributed by atoms with Gasteiger partial charge in [0, 0.05) is 6.54 Å². The smallest absolute Gasteiger partial charge is 0.370 e. The molecule has 0 aromatic heterocycles. The lowest BCUT2D eigenvalue weighted by molar-refractivity contribution is 0.477. The molecule has 0 radical (unpaired) electrons. The van der Waals surface area contributed by atoms with Gasteiger partial charge < -0.3 is 9.92 Å². The summed E-state index contributed by atoms with van der Waals surface area (Å²) in [7, 11) is -4.04. The molecule has 0 aliphatic carbocycles. The zero-order valence-corrected chi connectivity index (χ0v) is 12.6. The fraction of sp³-hybridized carbons (Fsp3) is 0.538. The van der Waals surface area contributed by atoms with Gasteiger partial charge in [0.25, 0.3) is 0 Å². The molecule has 0 fully saturated rings. The maximum atomic E-state index is 11.2. The predicted octanol–water partition coefficient (Wildman–Crippen LogP) is 1.97. The van der Waals surface area contributed by atoms with Crippen molar-refractivity contribution in [3.8, 4) is 5.75 Å². The molecule has 1 aromatic rings. The third kappa shape index (κ3) is 4.19. The molecule has 4 N–H and O–H groups in total. The molecule has 0 unspecified atom stereocenters. The third-order valence-corrected chi connectivity index (χ3v) is 3.28. The normalized spacial score (nSPS) is 12.2. The van der Waals surface area contributed by atoms with Crippen LogP contribution in [0, 0.1) is 0 Å². The number of hydrogen-bond acceptors (Lipinski definition) is 4. The van der Waals surface area contributed by atoms with Gasteiger partial charge in [-0.2, -0.15) is 13.6 Å². The van der Waals surface area contributed by atoms with Crippen molar-refractivity contribution in [2.24, 2.45) is 10.9 Å². The van der Waals surface area contributed by atoms with E-state index in [0.29, 0.717) is 12.3 Å². The van der Waals surface area contributed by atoms with Crippen molar-refractivity contribution in [3.63, 3.8) is 0 Å². The van der Waals surface area contributed by atoms with Gasteiger partial charge in [0.2, 0.25) is 0 Å². The summed E-state index contributed by atoms with van der Waals surface area (Å²) in [4.78, 5) is 0. The van der Waals surface area contributed by atoms with E-state index in [-0.39, 0.29) is 11.8 Å². The Labute approximate surface area is 115 Å². The summed E-state index contributed by atoms with van der Waals surface area (Å²) in [5.41, 5.74) is 8.25. The molecule has 6 heteroatoms. The topological polar surface area (TPSA) is 95.4 Å². The Kier molecular flexibility index (Phi) is 4.95. The molecule has 0 aliphatic rings. The van der Waals surface area contributed by atoms with E-state index >= 15 is 0 Å². The first kappa shape index (κ1) is 15.9. The van der Waals surface area contributed by atoms with E-state index in [0.717, 1.165) is 16.7 Å². The van der Waals surface area contributed by atoms with E-state index in [4.69, 9.17) is 15.1 Å². The van der Waals surface area contributed by atoms with Crippen LogP contribution in [0.1, 0.15) is 56.2 Å². The Bertz CT molecular complexity index is 522. The summed E-state index contributed by atoms with van der Waals surface area (Å²) in [6, 6.07) is 3.74. The molecule has 0 bridgehead atoms. The van der Waals surface area contributed by atoms with Gasteiger partial charge in [0.05, 0.1) is 0 Å². The Morgan fingerprint density at radius 1 is 1.11 bits per heavy atom. The molecular formula is C13H22N2O3S. The average molecular weight is 286 g/mol. The largest absolute Gasteiger partial charge is 0.380 e. The molecule has 5 nitrogen and oxygen atoms in total. The van der Waals surface area contributed by atoms with Gasteiger partial charge in [-0.15, -0.1) is 0 Å². The zero-order valence-electron chi connectivity index (χ0n) is 11.8. The Hall–Kier alpha value is -1.11. The molecule has 0 saturated heterocycles. The highest BCUT2D eigenvalue weighted by Gasteiger charge is 2.20. The van der Waals surface area contributed by atoms with Gasteiger partial charge in [-0.1, -0.05) is 39.8 Å². The molecule has 1 rings (SSSR count). The first-order valence-electron chi connectivity index (χ1n) is 6.24. The minimum atomic E-state index is -4.04. The van der Waals surface area contributed by atoms with Crippen LogP contribution in [0.4, 0.5) is 0 Å². The number of nitrogens with two attached hydrogens (primary N) is 2. The van der Waals surface area contributed by atoms with E-state index in [1.54, 1.807) is 0 Å². The Morgan fingerprint density at radius 3 is 1.79 bits per heavy atom. The molecule has 0 spiro atoms. The first-order chi connectivity index (χ1) is 8.65. The third-order valence-electron chi connectivity index (χ3n) is 2.89. The monoisotopic (exact) mass is 286 g/mol. The average Bonchev–Trinajstić information content (AvgIpc) is 2.26. The molecule has 0 amide bonds. The molecule has 19 heavy (non-hydrogen) atoms. The van der Waals surface area contributed by atoms with Crippen LogP contribution in [-0.4, -0.2) is 8.42 Å². The van der Waals surface area contributed by atoms with Crippen molar-refractivity contribution in [2.45, 2.75) is 46.1 Å². The summed E-state index contributed by atoms with van der Waals surface area (Å²) >= 11 is 0. The number of rotatable bonds is 5. The molecule has 1 aromatic carbocycles. The van der Waals surface area contributed by atoms with Crippen LogP contribution < -0.4 is 15.1 Å². The standard InChI is InChI=1S/C13H22N2O3S/c1-8(2)11-5-10(7-14)6-12(9(3)4)13(11)18-19(15,16)17/h5-6,8-9H,7,14H2,1-4H3,(H2,15,16,17). The van der Waals surface area contributed by atoms with Crippen molar-refractivity contribution in [3.05, 3.63) is 28.8 Å². The van der Waals surface area contributed by atoms with Gasteiger partial charge in [-0.3, -0.25) is 0 Å². The number of hydrogen-bond donors (Lipinski definition) is 2. The Morgan fingerprint density at radius 2 is 1.53 bits per heavy atom. The second-order valence-electron chi connectivity index (χ2n) is 5.19. The van der Waals surface area contributed by atoms with E-state index in [1.165, 1.54) is 0 Å². The summed E-state index contributed by atoms with van der Waals surface area (Å²) in [5, 5.41) is 5.00. The van der Waals surface area contributed by atoms with Gasteiger partial charge in [0.1, 0.15) is 0 Å². The SMILES string of the molecule is CC(C)c1cc(CN)cc(C(C)C)c1OS(N)(=O)=O. The fourth-order valence-electron chi connectivity index (χ4n) is 1.93. The molecular weight excluding hydrogens is 264 g/mol. The van der Waals surface area contributed by atoms with Crippen LogP contribution in [-0.2, 0) is 16.8 Å². The van der Waals surface area contributed by atoms with Crippen molar-refractivity contribution in [2.75, 3.05) is 0 Å². The van der Waals surface area contributed by atoms with Gasteiger partial charge >= 0.3 is 10.3 Å². The van der Waals surface area contributed by atoms with Crippen molar-refractivity contribution >= 4 is 10.3 Å². The van der Waals surface area contributed by atoms with Crippen molar-refractivity contribution in [1.82, 2.24) is 0 Å². The van der Waals surface area contributed by atoms with Crippen LogP contribution in [0.3, 0.4) is 0 Å². The lowest BCUT2D eigenvalue weighted by Gasteiger charge is -2.20. The molecule has 0 saturated carbocycles. The summed E-state index contributed by atoms with van der Waals surface area (Å²) in [5.74, 6) is 0.561. The van der Waals surface area contributed by atoms with Crippen LogP contribution in [0.2, 0.25) is 0 Å². The highest BCUT2D eigenvalue weighted by Crippen LogP contribution is 2.36. The van der Waals surface area contributed by atoms with Crippen LogP contribution in [0.5, 0.6) is 5.75 Å². The summed E-state index contributed by atoms with van der Waals surface area (Å²) < 4.78 is 27.5. The first-order valence-corrected chi connectivity index (χ1v) is 7.71. The Balaban J connectivity index is 3.53. The fourth-order valence-corrected chi connectivity index (χ4v) is 2.35.